The number of rotatable bonds is 10. The molecule has 0 unspecified atom stereocenters. The van der Waals surface area contributed by atoms with Crippen molar-refractivity contribution in [3.05, 3.63) is 0 Å². The average molecular weight is 431 g/mol. The zero-order valence-electron chi connectivity index (χ0n) is 19.4. The molecule has 0 spiro atoms. The van der Waals surface area contributed by atoms with Gasteiger partial charge in [-0.25, -0.2) is 9.59 Å². The lowest BCUT2D eigenvalue weighted by Crippen LogP contribution is -2.52. The van der Waals surface area contributed by atoms with Crippen molar-refractivity contribution in [3.8, 4) is 0 Å². The van der Waals surface area contributed by atoms with Gasteiger partial charge in [-0.1, -0.05) is 27.7 Å². The molecule has 0 aromatic heterocycles. The number of esters is 2. The molecule has 0 atom stereocenters. The highest BCUT2D eigenvalue weighted by molar-refractivity contribution is 6.30. The van der Waals surface area contributed by atoms with Crippen LogP contribution in [0.1, 0.15) is 55.4 Å². The van der Waals surface area contributed by atoms with Gasteiger partial charge in [0, 0.05) is 13.1 Å². The molecule has 0 aromatic rings. The molecule has 6 N–H and O–H groups in total. The molecule has 0 rings (SSSR count). The van der Waals surface area contributed by atoms with E-state index in [4.69, 9.17) is 20.9 Å². The van der Waals surface area contributed by atoms with E-state index < -0.39 is 35.0 Å². The van der Waals surface area contributed by atoms with E-state index in [0.29, 0.717) is 13.1 Å². The van der Waals surface area contributed by atoms with Gasteiger partial charge in [0.05, 0.1) is 0 Å². The van der Waals surface area contributed by atoms with E-state index in [9.17, 15) is 19.2 Å². The minimum Gasteiger partial charge on any atom is -0.441 e. The number of carbonyl (C=O) groups excluding carboxylic acids is 4. The number of amides is 2. The molecule has 0 fully saturated rings. The predicted molar refractivity (Wildman–Crippen MR) is 112 cm³/mol. The molecule has 0 saturated carbocycles. The minimum absolute atomic E-state index is 0.264. The molecule has 0 aliphatic rings. The summed E-state index contributed by atoms with van der Waals surface area (Å²) in [6.07, 6.45) is 0. The monoisotopic (exact) mass is 430 g/mol. The molecule has 0 aliphatic carbocycles. The molecule has 0 radical (unpaired) electrons. The van der Waals surface area contributed by atoms with Gasteiger partial charge in [-0.15, -0.1) is 0 Å². The lowest BCUT2D eigenvalue weighted by molar-refractivity contribution is -0.185. The fraction of sp³-hybridized carbons (Fsp3) is 0.800. The van der Waals surface area contributed by atoms with Crippen molar-refractivity contribution in [2.24, 2.45) is 22.3 Å². The maximum Gasteiger partial charge on any atom is 0.418 e. The summed E-state index contributed by atoms with van der Waals surface area (Å²) in [7, 11) is 0. The molecule has 0 heterocycles. The minimum atomic E-state index is -1.63. The SMILES string of the molecule is CC(C)(CN)CNC(=O)C(C)(C)OC(=O)C(=O)OC(C)(C)C(=O)NCC(C)(C)CN. The summed E-state index contributed by atoms with van der Waals surface area (Å²) in [5.74, 6) is -3.94. The van der Waals surface area contributed by atoms with E-state index in [0.717, 1.165) is 0 Å². The maximum atomic E-state index is 12.3. The maximum absolute atomic E-state index is 12.3. The second-order valence-electron chi connectivity index (χ2n) is 9.90. The Kier molecular flexibility index (Phi) is 9.46. The van der Waals surface area contributed by atoms with Crippen LogP contribution in [0, 0.1) is 10.8 Å². The summed E-state index contributed by atoms with van der Waals surface area (Å²) in [5.41, 5.74) is 7.30. The molecule has 0 aliphatic heterocycles. The molecule has 10 nitrogen and oxygen atoms in total. The van der Waals surface area contributed by atoms with Crippen molar-refractivity contribution >= 4 is 23.8 Å². The van der Waals surface area contributed by atoms with Gasteiger partial charge >= 0.3 is 11.9 Å². The number of hydrogen-bond donors (Lipinski definition) is 4. The van der Waals surface area contributed by atoms with Gasteiger partial charge in [0.2, 0.25) is 0 Å². The Hall–Kier alpha value is -2.20. The molecule has 0 bridgehead atoms. The number of carbonyl (C=O) groups is 4. The number of hydrogen-bond acceptors (Lipinski definition) is 8. The van der Waals surface area contributed by atoms with E-state index in [1.807, 2.05) is 27.7 Å². The van der Waals surface area contributed by atoms with Crippen LogP contribution in [0.15, 0.2) is 0 Å². The third-order valence-electron chi connectivity index (χ3n) is 4.52. The first-order chi connectivity index (χ1) is 13.4. The van der Waals surface area contributed by atoms with E-state index in [-0.39, 0.29) is 23.9 Å². The van der Waals surface area contributed by atoms with Crippen LogP contribution in [-0.2, 0) is 28.7 Å². The Morgan fingerprint density at radius 3 is 1.13 bits per heavy atom. The largest absolute Gasteiger partial charge is 0.441 e. The third kappa shape index (κ3) is 9.08. The molecule has 10 heteroatoms. The van der Waals surface area contributed by atoms with E-state index in [2.05, 4.69) is 10.6 Å². The Labute approximate surface area is 178 Å². The molecule has 30 heavy (non-hydrogen) atoms. The summed E-state index contributed by atoms with van der Waals surface area (Å²) in [6, 6.07) is 0. The van der Waals surface area contributed by atoms with Crippen LogP contribution in [0.25, 0.3) is 0 Å². The first-order valence-corrected chi connectivity index (χ1v) is 9.82. The highest BCUT2D eigenvalue weighted by atomic mass is 16.6. The summed E-state index contributed by atoms with van der Waals surface area (Å²) in [6.45, 7) is 14.1. The third-order valence-corrected chi connectivity index (χ3v) is 4.52. The van der Waals surface area contributed by atoms with Gasteiger partial charge in [0.15, 0.2) is 11.2 Å². The van der Waals surface area contributed by atoms with Gasteiger partial charge in [-0.05, 0) is 51.6 Å². The van der Waals surface area contributed by atoms with Gasteiger partial charge in [0.25, 0.3) is 11.8 Å². The van der Waals surface area contributed by atoms with Crippen molar-refractivity contribution < 1.29 is 28.7 Å². The van der Waals surface area contributed by atoms with Gasteiger partial charge in [-0.2, -0.15) is 0 Å². The lowest BCUT2D eigenvalue weighted by Gasteiger charge is -2.29. The van der Waals surface area contributed by atoms with Crippen LogP contribution in [0.3, 0.4) is 0 Å². The van der Waals surface area contributed by atoms with Gasteiger partial charge < -0.3 is 31.6 Å². The van der Waals surface area contributed by atoms with Crippen molar-refractivity contribution in [1.29, 1.82) is 0 Å². The van der Waals surface area contributed by atoms with Crippen LogP contribution in [0.2, 0.25) is 0 Å². The molecule has 0 aromatic carbocycles. The molecular weight excluding hydrogens is 392 g/mol. The Morgan fingerprint density at radius 2 is 0.900 bits per heavy atom. The summed E-state index contributed by atoms with van der Waals surface area (Å²) >= 11 is 0. The fourth-order valence-corrected chi connectivity index (χ4v) is 1.85. The zero-order valence-corrected chi connectivity index (χ0v) is 19.4. The summed E-state index contributed by atoms with van der Waals surface area (Å²) in [4.78, 5) is 48.9. The number of nitrogens with two attached hydrogens (primary N) is 2. The highest BCUT2D eigenvalue weighted by Crippen LogP contribution is 2.17. The second-order valence-corrected chi connectivity index (χ2v) is 9.90. The van der Waals surface area contributed by atoms with E-state index in [1.54, 1.807) is 0 Å². The molecule has 0 saturated heterocycles. The van der Waals surface area contributed by atoms with E-state index >= 15 is 0 Å². The van der Waals surface area contributed by atoms with Crippen LogP contribution in [0.4, 0.5) is 0 Å². The van der Waals surface area contributed by atoms with E-state index in [1.165, 1.54) is 27.7 Å². The van der Waals surface area contributed by atoms with Crippen LogP contribution in [0.5, 0.6) is 0 Å². The van der Waals surface area contributed by atoms with Crippen molar-refractivity contribution in [2.75, 3.05) is 26.2 Å². The second kappa shape index (κ2) is 10.2. The highest BCUT2D eigenvalue weighted by Gasteiger charge is 2.39. The van der Waals surface area contributed by atoms with Crippen molar-refractivity contribution in [3.63, 3.8) is 0 Å². The Morgan fingerprint density at radius 1 is 0.633 bits per heavy atom. The Bertz CT molecular complexity index is 600. The average Bonchev–Trinajstić information content (AvgIpc) is 2.63. The van der Waals surface area contributed by atoms with Gasteiger partial charge in [0.1, 0.15) is 0 Å². The number of ether oxygens (including phenoxy) is 2. The molecule has 174 valence electrons. The van der Waals surface area contributed by atoms with Gasteiger partial charge in [-0.3, -0.25) is 9.59 Å². The molecular formula is C20H38N4O6. The van der Waals surface area contributed by atoms with Crippen molar-refractivity contribution in [1.82, 2.24) is 10.6 Å². The normalized spacial score (nSPS) is 12.7. The Balaban J connectivity index is 4.89. The van der Waals surface area contributed by atoms with Crippen LogP contribution in [-0.4, -0.2) is 61.1 Å². The summed E-state index contributed by atoms with van der Waals surface area (Å²) < 4.78 is 10.0. The zero-order chi connectivity index (χ0) is 24.0. The standard InChI is InChI=1S/C20H38N4O6/c1-17(2,9-21)11-23-15(27)19(5,6)29-13(25)14(26)30-20(7,8)16(28)24-12-18(3,4)10-22/h9-12,21-22H2,1-8H3,(H,23,27)(H,24,28). The topological polar surface area (TPSA) is 163 Å². The van der Waals surface area contributed by atoms with Crippen molar-refractivity contribution in [2.45, 2.75) is 66.6 Å². The fourth-order valence-electron chi connectivity index (χ4n) is 1.85. The first-order valence-electron chi connectivity index (χ1n) is 9.82. The summed E-state index contributed by atoms with van der Waals surface area (Å²) in [5, 5.41) is 5.28. The predicted octanol–water partition coefficient (Wildman–Crippen LogP) is -0.168. The quantitative estimate of drug-likeness (QED) is 0.274. The smallest absolute Gasteiger partial charge is 0.418 e. The first kappa shape index (κ1) is 27.8. The molecule has 2 amide bonds. The lowest BCUT2D eigenvalue weighted by atomic mass is 9.93. The van der Waals surface area contributed by atoms with Crippen LogP contribution < -0.4 is 22.1 Å². The number of nitrogens with one attached hydrogen (secondary N) is 2. The van der Waals surface area contributed by atoms with Crippen LogP contribution >= 0.6 is 0 Å².